The van der Waals surface area contributed by atoms with E-state index < -0.39 is 0 Å². The molecule has 0 radical (unpaired) electrons. The first kappa shape index (κ1) is 11.0. The fourth-order valence-corrected chi connectivity index (χ4v) is 2.11. The van der Waals surface area contributed by atoms with Crippen molar-refractivity contribution in [1.29, 1.82) is 5.26 Å². The average Bonchev–Trinajstić information content (AvgIpc) is 2.64. The Bertz CT molecular complexity index is 467. The largest absolute Gasteiger partial charge is 0.380 e. The van der Waals surface area contributed by atoms with Gasteiger partial charge in [0.15, 0.2) is 0 Å². The first-order valence-electron chi connectivity index (χ1n) is 4.92. The Balaban J connectivity index is 2.08. The third kappa shape index (κ3) is 2.34. The molecule has 0 aromatic heterocycles. The molecule has 1 atom stereocenters. The molecule has 2 rings (SSSR count). The minimum Gasteiger partial charge on any atom is -0.380 e. The van der Waals surface area contributed by atoms with Crippen molar-refractivity contribution >= 4 is 27.5 Å². The molecule has 0 saturated carbocycles. The summed E-state index contributed by atoms with van der Waals surface area (Å²) in [6.45, 7) is 0.649. The molecular formula is C11H10BrN3O. The predicted octanol–water partition coefficient (Wildman–Crippen LogP) is 1.62. The zero-order valence-electron chi connectivity index (χ0n) is 8.46. The van der Waals surface area contributed by atoms with Gasteiger partial charge in [0.1, 0.15) is 6.07 Å². The van der Waals surface area contributed by atoms with Crippen molar-refractivity contribution in [3.63, 3.8) is 0 Å². The number of rotatable bonds is 2. The Kier molecular flexibility index (Phi) is 3.11. The molecule has 1 aliphatic rings. The van der Waals surface area contributed by atoms with Gasteiger partial charge in [0.25, 0.3) is 0 Å². The maximum absolute atomic E-state index is 11.0. The number of hydrogen-bond donors (Lipinski definition) is 2. The Hall–Kier alpha value is -1.54. The second kappa shape index (κ2) is 4.54. The van der Waals surface area contributed by atoms with Crippen LogP contribution >= 0.6 is 15.9 Å². The Morgan fingerprint density at radius 2 is 2.38 bits per heavy atom. The van der Waals surface area contributed by atoms with Gasteiger partial charge in [-0.1, -0.05) is 0 Å². The summed E-state index contributed by atoms with van der Waals surface area (Å²) in [5.41, 5.74) is 1.51. The summed E-state index contributed by atoms with van der Waals surface area (Å²) < 4.78 is 0.761. The molecular weight excluding hydrogens is 270 g/mol. The fraction of sp³-hybridized carbons (Fsp3) is 0.273. The molecule has 82 valence electrons. The molecule has 0 spiro atoms. The van der Waals surface area contributed by atoms with Crippen molar-refractivity contribution in [2.45, 2.75) is 12.5 Å². The van der Waals surface area contributed by atoms with Crippen LogP contribution in [0.25, 0.3) is 0 Å². The second-order valence-electron chi connectivity index (χ2n) is 3.66. The van der Waals surface area contributed by atoms with E-state index in [-0.39, 0.29) is 11.9 Å². The molecule has 2 N–H and O–H groups in total. The monoisotopic (exact) mass is 279 g/mol. The standard InChI is InChI=1S/C11H10BrN3O/c12-10-3-8(2-1-7(10)5-13)15-9-4-11(16)14-6-9/h1-3,9,15H,4,6H2,(H,14,16). The second-order valence-corrected chi connectivity index (χ2v) is 4.51. The summed E-state index contributed by atoms with van der Waals surface area (Å²) in [5.74, 6) is 0.0743. The third-order valence-electron chi connectivity index (χ3n) is 2.44. The van der Waals surface area contributed by atoms with Crippen LogP contribution in [0.5, 0.6) is 0 Å². The molecule has 1 unspecified atom stereocenters. The van der Waals surface area contributed by atoms with Crippen LogP contribution in [0.3, 0.4) is 0 Å². The lowest BCUT2D eigenvalue weighted by molar-refractivity contribution is -0.119. The van der Waals surface area contributed by atoms with Gasteiger partial charge in [-0.15, -0.1) is 0 Å². The minimum atomic E-state index is 0.0743. The molecule has 1 amide bonds. The lowest BCUT2D eigenvalue weighted by Gasteiger charge is -2.12. The van der Waals surface area contributed by atoms with Crippen molar-refractivity contribution in [1.82, 2.24) is 5.32 Å². The number of nitrogens with zero attached hydrogens (tertiary/aromatic N) is 1. The average molecular weight is 280 g/mol. The van der Waals surface area contributed by atoms with Gasteiger partial charge in [0.05, 0.1) is 11.6 Å². The highest BCUT2D eigenvalue weighted by atomic mass is 79.9. The first-order chi connectivity index (χ1) is 7.69. The number of nitrogens with one attached hydrogen (secondary N) is 2. The summed E-state index contributed by atoms with van der Waals surface area (Å²) in [6, 6.07) is 7.65. The smallest absolute Gasteiger partial charge is 0.222 e. The van der Waals surface area contributed by atoms with E-state index in [2.05, 4.69) is 32.6 Å². The van der Waals surface area contributed by atoms with Crippen LogP contribution in [0.2, 0.25) is 0 Å². The number of anilines is 1. The van der Waals surface area contributed by atoms with Gasteiger partial charge in [-0.2, -0.15) is 5.26 Å². The quantitative estimate of drug-likeness (QED) is 0.865. The normalized spacial score (nSPS) is 19.0. The van der Waals surface area contributed by atoms with Gasteiger partial charge in [0, 0.05) is 23.1 Å². The van der Waals surface area contributed by atoms with Crippen LogP contribution in [0, 0.1) is 11.3 Å². The topological polar surface area (TPSA) is 64.9 Å². The third-order valence-corrected chi connectivity index (χ3v) is 3.09. The van der Waals surface area contributed by atoms with E-state index in [4.69, 9.17) is 5.26 Å². The van der Waals surface area contributed by atoms with Gasteiger partial charge in [0.2, 0.25) is 5.91 Å². The summed E-state index contributed by atoms with van der Waals surface area (Å²) in [7, 11) is 0. The van der Waals surface area contributed by atoms with E-state index in [1.54, 1.807) is 6.07 Å². The van der Waals surface area contributed by atoms with E-state index in [1.165, 1.54) is 0 Å². The zero-order chi connectivity index (χ0) is 11.5. The van der Waals surface area contributed by atoms with Gasteiger partial charge in [-0.25, -0.2) is 0 Å². The summed E-state index contributed by atoms with van der Waals surface area (Å²) in [4.78, 5) is 11.0. The van der Waals surface area contributed by atoms with Crippen LogP contribution in [0.4, 0.5) is 5.69 Å². The molecule has 4 nitrogen and oxygen atoms in total. The number of amides is 1. The summed E-state index contributed by atoms with van der Waals surface area (Å²) in [6.07, 6.45) is 0.498. The molecule has 0 aliphatic carbocycles. The Morgan fingerprint density at radius 3 is 2.94 bits per heavy atom. The van der Waals surface area contributed by atoms with E-state index in [0.29, 0.717) is 18.5 Å². The first-order valence-corrected chi connectivity index (χ1v) is 5.71. The summed E-state index contributed by atoms with van der Waals surface area (Å²) in [5, 5.41) is 14.8. The molecule has 1 fully saturated rings. The number of hydrogen-bond acceptors (Lipinski definition) is 3. The number of nitriles is 1. The molecule has 5 heteroatoms. The maximum Gasteiger partial charge on any atom is 0.222 e. The van der Waals surface area contributed by atoms with Gasteiger partial charge in [-0.05, 0) is 34.1 Å². The number of carbonyl (C=O) groups excluding carboxylic acids is 1. The highest BCUT2D eigenvalue weighted by Crippen LogP contribution is 2.22. The number of halogens is 1. The highest BCUT2D eigenvalue weighted by Gasteiger charge is 2.20. The van der Waals surface area contributed by atoms with E-state index >= 15 is 0 Å². The van der Waals surface area contributed by atoms with Crippen molar-refractivity contribution in [3.05, 3.63) is 28.2 Å². The minimum absolute atomic E-state index is 0.0743. The molecule has 1 aliphatic heterocycles. The Labute approximate surface area is 102 Å². The van der Waals surface area contributed by atoms with Crippen LogP contribution in [-0.2, 0) is 4.79 Å². The molecule has 16 heavy (non-hydrogen) atoms. The molecule has 1 aromatic carbocycles. The van der Waals surface area contributed by atoms with E-state index in [9.17, 15) is 4.79 Å². The molecule has 0 bridgehead atoms. The number of carbonyl (C=O) groups is 1. The fourth-order valence-electron chi connectivity index (χ4n) is 1.64. The van der Waals surface area contributed by atoms with Gasteiger partial charge in [-0.3, -0.25) is 4.79 Å². The number of benzene rings is 1. The molecule has 1 heterocycles. The van der Waals surface area contributed by atoms with Crippen LogP contribution in [0.15, 0.2) is 22.7 Å². The van der Waals surface area contributed by atoms with Crippen LogP contribution in [0.1, 0.15) is 12.0 Å². The SMILES string of the molecule is N#Cc1ccc(NC2CNC(=O)C2)cc1Br. The molecule has 1 saturated heterocycles. The van der Waals surface area contributed by atoms with Gasteiger partial charge < -0.3 is 10.6 Å². The van der Waals surface area contributed by atoms with Crippen molar-refractivity contribution in [2.24, 2.45) is 0 Å². The highest BCUT2D eigenvalue weighted by molar-refractivity contribution is 9.10. The Morgan fingerprint density at radius 1 is 1.56 bits per heavy atom. The summed E-state index contributed by atoms with van der Waals surface area (Å²) >= 11 is 3.32. The van der Waals surface area contributed by atoms with E-state index in [1.807, 2.05) is 12.1 Å². The lowest BCUT2D eigenvalue weighted by atomic mass is 10.2. The molecule has 1 aromatic rings. The predicted molar refractivity (Wildman–Crippen MR) is 63.9 cm³/mol. The maximum atomic E-state index is 11.0. The van der Waals surface area contributed by atoms with Crippen molar-refractivity contribution in [2.75, 3.05) is 11.9 Å². The lowest BCUT2D eigenvalue weighted by Crippen LogP contribution is -2.22. The van der Waals surface area contributed by atoms with Crippen LogP contribution in [-0.4, -0.2) is 18.5 Å². The van der Waals surface area contributed by atoms with E-state index in [0.717, 1.165) is 10.2 Å². The van der Waals surface area contributed by atoms with Gasteiger partial charge >= 0.3 is 0 Å². The van der Waals surface area contributed by atoms with Crippen molar-refractivity contribution in [3.8, 4) is 6.07 Å². The van der Waals surface area contributed by atoms with Crippen LogP contribution < -0.4 is 10.6 Å². The van der Waals surface area contributed by atoms with Crippen molar-refractivity contribution < 1.29 is 4.79 Å². The zero-order valence-corrected chi connectivity index (χ0v) is 10.0.